The summed E-state index contributed by atoms with van der Waals surface area (Å²) in [5.41, 5.74) is 2.26. The second-order valence-electron chi connectivity index (χ2n) is 3.76. The van der Waals surface area contributed by atoms with Crippen LogP contribution in [0.3, 0.4) is 0 Å². The van der Waals surface area contributed by atoms with E-state index in [0.29, 0.717) is 5.92 Å². The number of rotatable bonds is 2. The highest BCUT2D eigenvalue weighted by Crippen LogP contribution is 2.18. The lowest BCUT2D eigenvalue weighted by molar-refractivity contribution is 0.742. The van der Waals surface area contributed by atoms with E-state index in [9.17, 15) is 0 Å². The average Bonchev–Trinajstić information content (AvgIpc) is 2.77. The van der Waals surface area contributed by atoms with Crippen molar-refractivity contribution in [2.75, 3.05) is 0 Å². The van der Waals surface area contributed by atoms with Gasteiger partial charge in [-0.05, 0) is 18.1 Å². The first kappa shape index (κ1) is 12.7. The van der Waals surface area contributed by atoms with Gasteiger partial charge in [-0.15, -0.1) is 0 Å². The number of aryl methyl sites for hydroxylation is 1. The third kappa shape index (κ3) is 2.40. The molecule has 0 N–H and O–H groups in total. The second-order valence-corrected chi connectivity index (χ2v) is 3.76. The molecule has 0 fully saturated rings. The Bertz CT molecular complexity index is 443. The molecule has 0 atom stereocenters. The third-order valence-electron chi connectivity index (χ3n) is 2.33. The molecule has 0 unspecified atom stereocenters. The molecule has 0 saturated heterocycles. The standard InChI is InChI=1S/C11H15N3.C2H6/c1-4-10-12-11(8(2)3)9-6-5-7-14(9)13-10;1-2/h5-8H,4H2,1-3H3;1-2H3. The molecule has 2 aromatic heterocycles. The summed E-state index contributed by atoms with van der Waals surface area (Å²) in [5, 5.41) is 4.40. The molecule has 0 radical (unpaired) electrons. The molecule has 0 bridgehead atoms. The van der Waals surface area contributed by atoms with Crippen LogP contribution >= 0.6 is 0 Å². The molecule has 0 aromatic carbocycles. The Morgan fingerprint density at radius 2 is 2.00 bits per heavy atom. The minimum atomic E-state index is 0.445. The Morgan fingerprint density at radius 1 is 1.31 bits per heavy atom. The molecule has 0 aliphatic rings. The number of hydrogen-bond acceptors (Lipinski definition) is 2. The van der Waals surface area contributed by atoms with Gasteiger partial charge >= 0.3 is 0 Å². The maximum absolute atomic E-state index is 4.56. The molecule has 0 saturated carbocycles. The Balaban J connectivity index is 0.000000606. The van der Waals surface area contributed by atoms with Crippen LogP contribution in [0.4, 0.5) is 0 Å². The van der Waals surface area contributed by atoms with Gasteiger partial charge in [0.05, 0.1) is 11.2 Å². The van der Waals surface area contributed by atoms with E-state index in [4.69, 9.17) is 0 Å². The van der Waals surface area contributed by atoms with E-state index in [1.54, 1.807) is 0 Å². The molecule has 2 aromatic rings. The van der Waals surface area contributed by atoms with E-state index in [2.05, 4.69) is 36.9 Å². The minimum Gasteiger partial charge on any atom is -0.237 e. The summed E-state index contributed by atoms with van der Waals surface area (Å²) in [7, 11) is 0. The van der Waals surface area contributed by atoms with Gasteiger partial charge < -0.3 is 0 Å². The lowest BCUT2D eigenvalue weighted by atomic mass is 10.1. The number of aromatic nitrogens is 3. The van der Waals surface area contributed by atoms with Crippen LogP contribution in [0.25, 0.3) is 5.52 Å². The van der Waals surface area contributed by atoms with Crippen molar-refractivity contribution in [2.24, 2.45) is 0 Å². The fraction of sp³-hybridized carbons (Fsp3) is 0.538. The van der Waals surface area contributed by atoms with Gasteiger partial charge in [-0.1, -0.05) is 34.6 Å². The Labute approximate surface area is 97.5 Å². The van der Waals surface area contributed by atoms with Gasteiger partial charge in [0.1, 0.15) is 5.82 Å². The predicted molar refractivity (Wildman–Crippen MR) is 67.8 cm³/mol. The summed E-state index contributed by atoms with van der Waals surface area (Å²) in [6.45, 7) is 10.4. The van der Waals surface area contributed by atoms with Gasteiger partial charge in [-0.25, -0.2) is 9.50 Å². The first-order valence-electron chi connectivity index (χ1n) is 6.06. The quantitative estimate of drug-likeness (QED) is 0.774. The van der Waals surface area contributed by atoms with Crippen molar-refractivity contribution in [1.82, 2.24) is 14.6 Å². The fourth-order valence-electron chi connectivity index (χ4n) is 1.58. The van der Waals surface area contributed by atoms with Crippen LogP contribution in [-0.4, -0.2) is 14.6 Å². The zero-order valence-corrected chi connectivity index (χ0v) is 10.9. The molecule has 2 heterocycles. The van der Waals surface area contributed by atoms with Crippen LogP contribution in [0.2, 0.25) is 0 Å². The van der Waals surface area contributed by atoms with Gasteiger partial charge in [0.15, 0.2) is 0 Å². The summed E-state index contributed by atoms with van der Waals surface area (Å²) in [6, 6.07) is 4.07. The summed E-state index contributed by atoms with van der Waals surface area (Å²) < 4.78 is 1.92. The van der Waals surface area contributed by atoms with Gasteiger partial charge in [-0.2, -0.15) is 5.10 Å². The smallest absolute Gasteiger partial charge is 0.149 e. The first-order valence-corrected chi connectivity index (χ1v) is 6.06. The third-order valence-corrected chi connectivity index (χ3v) is 2.33. The van der Waals surface area contributed by atoms with E-state index in [-0.39, 0.29) is 0 Å². The van der Waals surface area contributed by atoms with E-state index < -0.39 is 0 Å². The van der Waals surface area contributed by atoms with Crippen LogP contribution in [0.1, 0.15) is 52.1 Å². The zero-order chi connectivity index (χ0) is 12.1. The molecule has 0 spiro atoms. The molecular weight excluding hydrogens is 198 g/mol. The number of nitrogens with zero attached hydrogens (tertiary/aromatic N) is 3. The van der Waals surface area contributed by atoms with Gasteiger partial charge in [0.2, 0.25) is 0 Å². The Hall–Kier alpha value is -1.38. The lowest BCUT2D eigenvalue weighted by Gasteiger charge is -2.08. The molecule has 0 aliphatic heterocycles. The van der Waals surface area contributed by atoms with E-state index in [0.717, 1.165) is 23.5 Å². The molecule has 3 heteroatoms. The van der Waals surface area contributed by atoms with Gasteiger partial charge in [0.25, 0.3) is 0 Å². The summed E-state index contributed by atoms with van der Waals surface area (Å²) in [4.78, 5) is 4.56. The Morgan fingerprint density at radius 3 is 2.56 bits per heavy atom. The van der Waals surface area contributed by atoms with Crippen LogP contribution < -0.4 is 0 Å². The summed E-state index contributed by atoms with van der Waals surface area (Å²) in [6.07, 6.45) is 2.86. The fourth-order valence-corrected chi connectivity index (χ4v) is 1.58. The maximum Gasteiger partial charge on any atom is 0.149 e. The lowest BCUT2D eigenvalue weighted by Crippen LogP contribution is -2.05. The summed E-state index contributed by atoms with van der Waals surface area (Å²) >= 11 is 0. The summed E-state index contributed by atoms with van der Waals surface area (Å²) in [5.74, 6) is 1.36. The highest BCUT2D eigenvalue weighted by Gasteiger charge is 2.09. The van der Waals surface area contributed by atoms with E-state index in [1.165, 1.54) is 0 Å². The van der Waals surface area contributed by atoms with Crippen molar-refractivity contribution in [3.8, 4) is 0 Å². The first-order chi connectivity index (χ1) is 7.72. The number of hydrogen-bond donors (Lipinski definition) is 0. The molecule has 16 heavy (non-hydrogen) atoms. The second kappa shape index (κ2) is 5.64. The van der Waals surface area contributed by atoms with Crippen molar-refractivity contribution in [3.05, 3.63) is 29.8 Å². The van der Waals surface area contributed by atoms with E-state index in [1.807, 2.05) is 30.6 Å². The highest BCUT2D eigenvalue weighted by atomic mass is 15.2. The molecular formula is C13H21N3. The normalized spacial score (nSPS) is 10.4. The Kier molecular flexibility index (Phi) is 4.47. The van der Waals surface area contributed by atoms with Crippen molar-refractivity contribution in [3.63, 3.8) is 0 Å². The zero-order valence-electron chi connectivity index (χ0n) is 10.9. The topological polar surface area (TPSA) is 30.2 Å². The van der Waals surface area contributed by atoms with Gasteiger partial charge in [-0.3, -0.25) is 0 Å². The molecule has 0 amide bonds. The van der Waals surface area contributed by atoms with Crippen LogP contribution in [-0.2, 0) is 6.42 Å². The van der Waals surface area contributed by atoms with E-state index >= 15 is 0 Å². The van der Waals surface area contributed by atoms with Crippen LogP contribution in [0, 0.1) is 0 Å². The molecule has 2 rings (SSSR count). The van der Waals surface area contributed by atoms with Gasteiger partial charge in [0, 0.05) is 12.6 Å². The van der Waals surface area contributed by atoms with Crippen LogP contribution in [0.15, 0.2) is 18.3 Å². The van der Waals surface area contributed by atoms with Crippen molar-refractivity contribution in [2.45, 2.75) is 47.0 Å². The van der Waals surface area contributed by atoms with Crippen LogP contribution in [0.5, 0.6) is 0 Å². The molecule has 0 aliphatic carbocycles. The maximum atomic E-state index is 4.56. The van der Waals surface area contributed by atoms with Crippen molar-refractivity contribution < 1.29 is 0 Å². The monoisotopic (exact) mass is 219 g/mol. The molecule has 88 valence electrons. The highest BCUT2D eigenvalue weighted by molar-refractivity contribution is 5.52. The van der Waals surface area contributed by atoms with Crippen molar-refractivity contribution in [1.29, 1.82) is 0 Å². The number of fused-ring (bicyclic) bond motifs is 1. The minimum absolute atomic E-state index is 0.445. The predicted octanol–water partition coefficient (Wildman–Crippen LogP) is 3.44. The molecule has 3 nitrogen and oxygen atoms in total. The SMILES string of the molecule is CC.CCc1nc(C(C)C)c2cccn2n1. The largest absolute Gasteiger partial charge is 0.237 e. The van der Waals surface area contributed by atoms with Crippen molar-refractivity contribution >= 4 is 5.52 Å². The average molecular weight is 219 g/mol.